The van der Waals surface area contributed by atoms with Crippen LogP contribution in [0.3, 0.4) is 0 Å². The van der Waals surface area contributed by atoms with Crippen molar-refractivity contribution in [3.05, 3.63) is 35.9 Å². The minimum absolute atomic E-state index is 0. The van der Waals surface area contributed by atoms with Crippen LogP contribution in [-0.4, -0.2) is 31.5 Å². The van der Waals surface area contributed by atoms with Crippen LogP contribution in [0, 0.1) is 17.8 Å². The number of halogens is 1. The summed E-state index contributed by atoms with van der Waals surface area (Å²) in [5.41, 5.74) is 1.32. The molecule has 4 heteroatoms. The van der Waals surface area contributed by atoms with Gasteiger partial charge in [0.2, 0.25) is 0 Å². The third kappa shape index (κ3) is 4.86. The van der Waals surface area contributed by atoms with Crippen molar-refractivity contribution in [2.75, 3.05) is 20.6 Å². The molecular formula is C18H28IN3. The number of benzene rings is 1. The zero-order chi connectivity index (χ0) is 14.7. The molecule has 2 aliphatic carbocycles. The summed E-state index contributed by atoms with van der Waals surface area (Å²) in [4.78, 5) is 6.66. The van der Waals surface area contributed by atoms with Gasteiger partial charge in [-0.3, -0.25) is 4.99 Å². The molecule has 2 fully saturated rings. The Bertz CT molecular complexity index is 468. The van der Waals surface area contributed by atoms with E-state index in [1.807, 2.05) is 7.05 Å². The van der Waals surface area contributed by atoms with Crippen LogP contribution in [0.2, 0.25) is 0 Å². The number of nitrogens with zero attached hydrogens (tertiary/aromatic N) is 2. The highest BCUT2D eigenvalue weighted by atomic mass is 127. The lowest BCUT2D eigenvalue weighted by atomic mass is 9.98. The highest BCUT2D eigenvalue weighted by Crippen LogP contribution is 2.48. The first kappa shape index (κ1) is 17.6. The summed E-state index contributed by atoms with van der Waals surface area (Å²) >= 11 is 0. The molecule has 0 heterocycles. The van der Waals surface area contributed by atoms with Crippen molar-refractivity contribution in [3.63, 3.8) is 0 Å². The van der Waals surface area contributed by atoms with Crippen LogP contribution < -0.4 is 5.32 Å². The second-order valence-electron chi connectivity index (χ2n) is 6.61. The first-order valence-electron chi connectivity index (χ1n) is 8.23. The molecule has 1 aromatic rings. The first-order valence-corrected chi connectivity index (χ1v) is 8.23. The normalized spacial score (nSPS) is 18.0. The molecule has 0 saturated heterocycles. The number of aliphatic imine (C=N–C) groups is 1. The van der Waals surface area contributed by atoms with Crippen LogP contribution in [0.4, 0.5) is 0 Å². The van der Waals surface area contributed by atoms with E-state index in [-0.39, 0.29) is 24.0 Å². The summed E-state index contributed by atoms with van der Waals surface area (Å²) < 4.78 is 0. The standard InChI is InChI=1S/C18H27N3.HI/c1-19-18(21(2)13-14-6-4-3-5-7-14)20-12-17(15-8-9-15)16-10-11-16;/h3-7,15-17H,8-13H2,1-2H3,(H,19,20);1H. The maximum Gasteiger partial charge on any atom is 0.193 e. The SMILES string of the molecule is CN=C(NCC(C1CC1)C1CC1)N(C)Cc1ccccc1.I. The molecule has 1 aromatic carbocycles. The molecule has 0 atom stereocenters. The number of hydrogen-bond acceptors (Lipinski definition) is 1. The smallest absolute Gasteiger partial charge is 0.193 e. The van der Waals surface area contributed by atoms with E-state index < -0.39 is 0 Å². The van der Waals surface area contributed by atoms with Crippen molar-refractivity contribution in [1.82, 2.24) is 10.2 Å². The Labute approximate surface area is 151 Å². The molecule has 0 radical (unpaired) electrons. The Hall–Kier alpha value is -0.780. The lowest BCUT2D eigenvalue weighted by Gasteiger charge is -2.25. The van der Waals surface area contributed by atoms with Gasteiger partial charge >= 0.3 is 0 Å². The lowest BCUT2D eigenvalue weighted by Crippen LogP contribution is -2.41. The molecule has 3 nitrogen and oxygen atoms in total. The summed E-state index contributed by atoms with van der Waals surface area (Å²) in [7, 11) is 4.00. The predicted octanol–water partition coefficient (Wildman–Crippen LogP) is 3.75. The van der Waals surface area contributed by atoms with Gasteiger partial charge in [0.15, 0.2) is 5.96 Å². The number of guanidine groups is 1. The highest BCUT2D eigenvalue weighted by molar-refractivity contribution is 14.0. The van der Waals surface area contributed by atoms with Crippen LogP contribution in [0.15, 0.2) is 35.3 Å². The van der Waals surface area contributed by atoms with E-state index in [0.717, 1.165) is 36.8 Å². The summed E-state index contributed by atoms with van der Waals surface area (Å²) in [6, 6.07) is 10.6. The molecule has 0 bridgehead atoms. The average Bonchev–Trinajstić information content (AvgIpc) is 3.38. The molecule has 0 unspecified atom stereocenters. The van der Waals surface area contributed by atoms with E-state index >= 15 is 0 Å². The molecule has 2 aliphatic rings. The summed E-state index contributed by atoms with van der Waals surface area (Å²) in [5, 5.41) is 3.61. The van der Waals surface area contributed by atoms with Crippen LogP contribution in [-0.2, 0) is 6.54 Å². The Morgan fingerprint density at radius 2 is 1.77 bits per heavy atom. The van der Waals surface area contributed by atoms with Gasteiger partial charge in [-0.25, -0.2) is 0 Å². The van der Waals surface area contributed by atoms with Gasteiger partial charge in [-0.15, -0.1) is 24.0 Å². The minimum Gasteiger partial charge on any atom is -0.356 e. The van der Waals surface area contributed by atoms with E-state index in [2.05, 4.69) is 52.6 Å². The maximum absolute atomic E-state index is 4.45. The topological polar surface area (TPSA) is 27.6 Å². The quantitative estimate of drug-likeness (QED) is 0.437. The van der Waals surface area contributed by atoms with Gasteiger partial charge in [0.05, 0.1) is 0 Å². The Balaban J connectivity index is 0.00000176. The lowest BCUT2D eigenvalue weighted by molar-refractivity contribution is 0.387. The third-order valence-corrected chi connectivity index (χ3v) is 4.79. The minimum atomic E-state index is 0. The van der Waals surface area contributed by atoms with Crippen LogP contribution >= 0.6 is 24.0 Å². The van der Waals surface area contributed by atoms with E-state index in [1.165, 1.54) is 31.2 Å². The molecule has 122 valence electrons. The monoisotopic (exact) mass is 413 g/mol. The van der Waals surface area contributed by atoms with Gasteiger partial charge in [-0.1, -0.05) is 30.3 Å². The van der Waals surface area contributed by atoms with Crippen LogP contribution in [0.5, 0.6) is 0 Å². The fourth-order valence-corrected chi connectivity index (χ4v) is 3.29. The molecule has 3 rings (SSSR count). The van der Waals surface area contributed by atoms with Gasteiger partial charge in [0.25, 0.3) is 0 Å². The second-order valence-corrected chi connectivity index (χ2v) is 6.61. The zero-order valence-electron chi connectivity index (χ0n) is 13.7. The van der Waals surface area contributed by atoms with Crippen molar-refractivity contribution in [2.45, 2.75) is 32.2 Å². The molecule has 2 saturated carbocycles. The van der Waals surface area contributed by atoms with Crippen molar-refractivity contribution in [2.24, 2.45) is 22.7 Å². The number of nitrogens with one attached hydrogen (secondary N) is 1. The molecule has 22 heavy (non-hydrogen) atoms. The highest BCUT2D eigenvalue weighted by Gasteiger charge is 2.41. The van der Waals surface area contributed by atoms with E-state index in [0.29, 0.717) is 0 Å². The molecular weight excluding hydrogens is 385 g/mol. The average molecular weight is 413 g/mol. The Morgan fingerprint density at radius 3 is 2.27 bits per heavy atom. The second kappa shape index (κ2) is 8.18. The predicted molar refractivity (Wildman–Crippen MR) is 104 cm³/mol. The van der Waals surface area contributed by atoms with Gasteiger partial charge in [0.1, 0.15) is 0 Å². The molecule has 1 N–H and O–H groups in total. The first-order chi connectivity index (χ1) is 10.3. The fourth-order valence-electron chi connectivity index (χ4n) is 3.29. The molecule has 0 aliphatic heterocycles. The van der Waals surface area contributed by atoms with E-state index in [9.17, 15) is 0 Å². The Kier molecular flexibility index (Phi) is 6.53. The zero-order valence-corrected chi connectivity index (χ0v) is 16.0. The van der Waals surface area contributed by atoms with E-state index in [4.69, 9.17) is 0 Å². The van der Waals surface area contributed by atoms with Crippen LogP contribution in [0.25, 0.3) is 0 Å². The fraction of sp³-hybridized carbons (Fsp3) is 0.611. The largest absolute Gasteiger partial charge is 0.356 e. The summed E-state index contributed by atoms with van der Waals surface area (Å²) in [5.74, 6) is 3.88. The molecule has 0 spiro atoms. The number of hydrogen-bond donors (Lipinski definition) is 1. The van der Waals surface area contributed by atoms with Crippen molar-refractivity contribution < 1.29 is 0 Å². The van der Waals surface area contributed by atoms with Crippen molar-refractivity contribution in [1.29, 1.82) is 0 Å². The third-order valence-electron chi connectivity index (χ3n) is 4.79. The van der Waals surface area contributed by atoms with E-state index in [1.54, 1.807) is 0 Å². The van der Waals surface area contributed by atoms with Gasteiger partial charge in [-0.2, -0.15) is 0 Å². The van der Waals surface area contributed by atoms with Crippen molar-refractivity contribution >= 4 is 29.9 Å². The molecule has 0 amide bonds. The molecule has 0 aromatic heterocycles. The van der Waals surface area contributed by atoms with Gasteiger partial charge in [-0.05, 0) is 49.0 Å². The number of rotatable bonds is 6. The van der Waals surface area contributed by atoms with Crippen molar-refractivity contribution in [3.8, 4) is 0 Å². The summed E-state index contributed by atoms with van der Waals surface area (Å²) in [6.45, 7) is 2.00. The maximum atomic E-state index is 4.45. The van der Waals surface area contributed by atoms with Gasteiger partial charge in [0, 0.05) is 27.2 Å². The van der Waals surface area contributed by atoms with Gasteiger partial charge < -0.3 is 10.2 Å². The Morgan fingerprint density at radius 1 is 1.18 bits per heavy atom. The van der Waals surface area contributed by atoms with Crippen LogP contribution in [0.1, 0.15) is 31.2 Å². The summed E-state index contributed by atoms with van der Waals surface area (Å²) in [6.07, 6.45) is 5.78.